The number of carbonyl (C=O) groups is 1. The van der Waals surface area contributed by atoms with E-state index in [0.29, 0.717) is 16.6 Å². The van der Waals surface area contributed by atoms with Gasteiger partial charge < -0.3 is 16.2 Å². The van der Waals surface area contributed by atoms with Gasteiger partial charge in [-0.3, -0.25) is 9.00 Å². The number of thiazole rings is 1. The Labute approximate surface area is 106 Å². The van der Waals surface area contributed by atoms with Gasteiger partial charge in [-0.15, -0.1) is 11.3 Å². The number of nitrogens with one attached hydrogen (secondary N) is 1. The predicted octanol–water partition coefficient (Wildman–Crippen LogP) is 0.406. The third-order valence-corrected chi connectivity index (χ3v) is 3.72. The highest BCUT2D eigenvalue weighted by molar-refractivity contribution is 7.84. The fourth-order valence-electron chi connectivity index (χ4n) is 1.23. The maximum absolute atomic E-state index is 11.0. The Balaban J connectivity index is 2.62. The summed E-state index contributed by atoms with van der Waals surface area (Å²) in [6.07, 6.45) is 1.63. The maximum Gasteiger partial charge on any atom is 0.326 e. The fourth-order valence-corrected chi connectivity index (χ4v) is 2.87. The number of anilines is 1. The molecule has 96 valence electrons. The summed E-state index contributed by atoms with van der Waals surface area (Å²) in [6.45, 7) is 1.89. The minimum absolute atomic E-state index is 0.0147. The van der Waals surface area contributed by atoms with E-state index in [4.69, 9.17) is 10.8 Å². The number of nitrogens with two attached hydrogens (primary N) is 1. The molecule has 0 fully saturated rings. The molecule has 0 aromatic carbocycles. The molecule has 0 saturated heterocycles. The molecule has 1 rings (SSSR count). The van der Waals surface area contributed by atoms with Crippen LogP contribution >= 0.6 is 11.3 Å². The molecule has 0 aliphatic rings. The largest absolute Gasteiger partial charge is 0.480 e. The van der Waals surface area contributed by atoms with E-state index in [9.17, 15) is 9.00 Å². The van der Waals surface area contributed by atoms with Crippen LogP contribution in [0.15, 0.2) is 5.38 Å². The van der Waals surface area contributed by atoms with Crippen LogP contribution in [0.1, 0.15) is 18.7 Å². The van der Waals surface area contributed by atoms with Crippen molar-refractivity contribution in [3.05, 3.63) is 11.1 Å². The lowest BCUT2D eigenvalue weighted by Gasteiger charge is -2.10. The number of carboxylic acid groups (broad SMARTS) is 1. The van der Waals surface area contributed by atoms with Crippen LogP contribution in [0.2, 0.25) is 0 Å². The first-order chi connectivity index (χ1) is 7.90. The lowest BCUT2D eigenvalue weighted by atomic mass is 10.2. The molecule has 0 radical (unpaired) electrons. The van der Waals surface area contributed by atoms with Gasteiger partial charge in [-0.1, -0.05) is 0 Å². The second kappa shape index (κ2) is 6.08. The van der Waals surface area contributed by atoms with Gasteiger partial charge in [0.1, 0.15) is 6.04 Å². The smallest absolute Gasteiger partial charge is 0.326 e. The third kappa shape index (κ3) is 4.41. The molecule has 3 atom stereocenters. The maximum atomic E-state index is 11.0. The highest BCUT2D eigenvalue weighted by Gasteiger charge is 2.18. The molecule has 6 nitrogen and oxygen atoms in total. The van der Waals surface area contributed by atoms with Crippen LogP contribution in [-0.2, 0) is 15.6 Å². The lowest BCUT2D eigenvalue weighted by molar-refractivity contribution is -0.138. The molecule has 1 aromatic rings. The van der Waals surface area contributed by atoms with Gasteiger partial charge in [-0.05, 0) is 6.92 Å². The Morgan fingerprint density at radius 2 is 2.41 bits per heavy atom. The Hall–Kier alpha value is -0.990. The quantitative estimate of drug-likeness (QED) is 0.695. The van der Waals surface area contributed by atoms with Crippen molar-refractivity contribution < 1.29 is 14.1 Å². The molecule has 1 heterocycles. The van der Waals surface area contributed by atoms with Gasteiger partial charge in [-0.25, -0.2) is 4.98 Å². The summed E-state index contributed by atoms with van der Waals surface area (Å²) in [5, 5.41) is 14.0. The topological polar surface area (TPSA) is 105 Å². The van der Waals surface area contributed by atoms with E-state index in [1.165, 1.54) is 11.3 Å². The minimum atomic E-state index is -1.11. The summed E-state index contributed by atoms with van der Waals surface area (Å²) in [7, 11) is -0.883. The molecule has 0 bridgehead atoms. The number of carboxylic acids is 1. The zero-order chi connectivity index (χ0) is 13.0. The molecule has 3 unspecified atom stereocenters. The summed E-state index contributed by atoms with van der Waals surface area (Å²) in [6, 6.07) is -1.08. The second-order valence-corrected chi connectivity index (χ2v) is 6.02. The first-order valence-electron chi connectivity index (χ1n) is 4.90. The molecular weight excluding hydrogens is 262 g/mol. The highest BCUT2D eigenvalue weighted by atomic mass is 32.2. The van der Waals surface area contributed by atoms with Gasteiger partial charge in [0.2, 0.25) is 0 Å². The second-order valence-electron chi connectivity index (χ2n) is 3.68. The fraction of sp³-hybridized carbons (Fsp3) is 0.556. The van der Waals surface area contributed by atoms with Crippen molar-refractivity contribution >= 4 is 33.2 Å². The number of aromatic nitrogens is 1. The average molecular weight is 277 g/mol. The van der Waals surface area contributed by atoms with Crippen molar-refractivity contribution in [1.82, 2.24) is 4.98 Å². The monoisotopic (exact) mass is 277 g/mol. The Morgan fingerprint density at radius 1 is 1.76 bits per heavy atom. The first kappa shape index (κ1) is 14.1. The summed E-state index contributed by atoms with van der Waals surface area (Å²) in [5.41, 5.74) is 5.76. The predicted molar refractivity (Wildman–Crippen MR) is 68.7 cm³/mol. The molecular formula is C9H15N3O3S2. The van der Waals surface area contributed by atoms with Crippen molar-refractivity contribution in [1.29, 1.82) is 0 Å². The number of aliphatic carboxylic acids is 1. The van der Waals surface area contributed by atoms with E-state index >= 15 is 0 Å². The number of hydrogen-bond acceptors (Lipinski definition) is 6. The minimum Gasteiger partial charge on any atom is -0.480 e. The van der Waals surface area contributed by atoms with E-state index in [1.807, 2.05) is 6.92 Å². The van der Waals surface area contributed by atoms with E-state index in [2.05, 4.69) is 10.3 Å². The van der Waals surface area contributed by atoms with E-state index < -0.39 is 22.8 Å². The third-order valence-electron chi connectivity index (χ3n) is 1.96. The van der Waals surface area contributed by atoms with Gasteiger partial charge >= 0.3 is 5.97 Å². The summed E-state index contributed by atoms with van der Waals surface area (Å²) in [4.78, 5) is 14.7. The van der Waals surface area contributed by atoms with Gasteiger partial charge in [0, 0.05) is 34.2 Å². The van der Waals surface area contributed by atoms with Gasteiger partial charge in [0.05, 0.1) is 5.69 Å². The van der Waals surface area contributed by atoms with Crippen molar-refractivity contribution in [2.75, 3.05) is 17.3 Å². The molecule has 0 saturated carbocycles. The summed E-state index contributed by atoms with van der Waals surface area (Å²) < 4.78 is 11.0. The number of nitrogens with zero attached hydrogens (tertiary/aromatic N) is 1. The average Bonchev–Trinajstić information content (AvgIpc) is 2.63. The van der Waals surface area contributed by atoms with Gasteiger partial charge in [0.25, 0.3) is 0 Å². The summed E-state index contributed by atoms with van der Waals surface area (Å²) >= 11 is 1.29. The molecule has 0 aliphatic heterocycles. The molecule has 1 aromatic heterocycles. The Morgan fingerprint density at radius 3 is 2.94 bits per heavy atom. The van der Waals surface area contributed by atoms with E-state index in [-0.39, 0.29) is 6.04 Å². The molecule has 0 aliphatic carbocycles. The van der Waals surface area contributed by atoms with Crippen LogP contribution in [0.25, 0.3) is 0 Å². The van der Waals surface area contributed by atoms with Crippen LogP contribution < -0.4 is 11.1 Å². The number of rotatable bonds is 6. The highest BCUT2D eigenvalue weighted by Crippen LogP contribution is 2.20. The normalized spacial score (nSPS) is 16.2. The molecule has 0 spiro atoms. The van der Waals surface area contributed by atoms with Crippen LogP contribution in [-0.4, -0.2) is 38.3 Å². The standard InChI is InChI=1S/C9H15N3O3S2/c1-5(4-17(2)15)11-9-12-6(3-16-9)7(10)8(13)14/h3,5,7H,4,10H2,1-2H3,(H,11,12)(H,13,14). The van der Waals surface area contributed by atoms with Crippen molar-refractivity contribution in [3.8, 4) is 0 Å². The molecule has 0 amide bonds. The van der Waals surface area contributed by atoms with E-state index in [1.54, 1.807) is 11.6 Å². The van der Waals surface area contributed by atoms with Crippen LogP contribution in [0.5, 0.6) is 0 Å². The lowest BCUT2D eigenvalue weighted by Crippen LogP contribution is -2.23. The summed E-state index contributed by atoms with van der Waals surface area (Å²) in [5.74, 6) is -0.593. The zero-order valence-corrected chi connectivity index (χ0v) is 11.2. The number of hydrogen-bond donors (Lipinski definition) is 3. The van der Waals surface area contributed by atoms with Crippen LogP contribution in [0.3, 0.4) is 0 Å². The van der Waals surface area contributed by atoms with Gasteiger partial charge in [0.15, 0.2) is 5.13 Å². The molecule has 17 heavy (non-hydrogen) atoms. The zero-order valence-electron chi connectivity index (χ0n) is 9.54. The Kier molecular flexibility index (Phi) is 5.03. The molecule has 8 heteroatoms. The van der Waals surface area contributed by atoms with Crippen LogP contribution in [0.4, 0.5) is 5.13 Å². The SMILES string of the molecule is CC(CS(C)=O)Nc1nc(C(N)C(=O)O)cs1. The first-order valence-corrected chi connectivity index (χ1v) is 7.51. The Bertz CT molecular complexity index is 421. The van der Waals surface area contributed by atoms with E-state index in [0.717, 1.165) is 0 Å². The van der Waals surface area contributed by atoms with Crippen molar-refractivity contribution in [2.45, 2.75) is 19.0 Å². The van der Waals surface area contributed by atoms with Crippen molar-refractivity contribution in [3.63, 3.8) is 0 Å². The molecule has 4 N–H and O–H groups in total. The van der Waals surface area contributed by atoms with Crippen LogP contribution in [0, 0.1) is 0 Å². The van der Waals surface area contributed by atoms with Crippen molar-refractivity contribution in [2.24, 2.45) is 5.73 Å². The van der Waals surface area contributed by atoms with Gasteiger partial charge in [-0.2, -0.15) is 0 Å².